The second kappa shape index (κ2) is 16.3. The predicted molar refractivity (Wildman–Crippen MR) is 184 cm³/mol. The quantitative estimate of drug-likeness (QED) is 0.112. The number of halogens is 5. The zero-order valence-corrected chi connectivity index (χ0v) is 30.7. The Hall–Kier alpha value is -4.50. The maximum atomic E-state index is 15.3. The van der Waals surface area contributed by atoms with Crippen LogP contribution in [0.1, 0.15) is 72.9 Å². The molecule has 0 spiro atoms. The van der Waals surface area contributed by atoms with Gasteiger partial charge in [0.25, 0.3) is 0 Å². The van der Waals surface area contributed by atoms with Crippen LogP contribution in [0.25, 0.3) is 11.0 Å². The van der Waals surface area contributed by atoms with E-state index in [4.69, 9.17) is 14.2 Å². The first-order valence-corrected chi connectivity index (χ1v) is 17.5. The van der Waals surface area contributed by atoms with Crippen LogP contribution in [-0.4, -0.2) is 76.6 Å². The number of rotatable bonds is 15. The number of amides is 2. The van der Waals surface area contributed by atoms with Crippen LogP contribution in [0, 0.1) is 23.2 Å². The molecule has 6 atom stereocenters. The number of hydrogen-bond donors (Lipinski definition) is 1. The lowest BCUT2D eigenvalue weighted by Crippen LogP contribution is -2.57. The first-order valence-electron chi connectivity index (χ1n) is 17.5. The average Bonchev–Trinajstić information content (AvgIpc) is 3.70. The van der Waals surface area contributed by atoms with Gasteiger partial charge in [-0.25, -0.2) is 19.6 Å². The highest BCUT2D eigenvalue weighted by molar-refractivity contribution is 5.91. The number of nitrogens with one attached hydrogen (secondary N) is 1. The largest absolute Gasteiger partial charge is 0.573 e. The van der Waals surface area contributed by atoms with Gasteiger partial charge in [0.05, 0.1) is 24.2 Å². The van der Waals surface area contributed by atoms with Gasteiger partial charge in [-0.1, -0.05) is 54.2 Å². The van der Waals surface area contributed by atoms with E-state index in [0.717, 1.165) is 31.0 Å². The summed E-state index contributed by atoms with van der Waals surface area (Å²) in [4.78, 5) is 50.6. The molecule has 2 aromatic rings. The number of hydrogen-bond acceptors (Lipinski definition) is 9. The maximum absolute atomic E-state index is 15.3. The zero-order valence-electron chi connectivity index (χ0n) is 30.7. The first-order chi connectivity index (χ1) is 24.7. The molecular formula is C37H47F5N4O7. The summed E-state index contributed by atoms with van der Waals surface area (Å²) in [6.45, 7) is 17.1. The summed E-state index contributed by atoms with van der Waals surface area (Å²) in [5.74, 6) is -7.37. The van der Waals surface area contributed by atoms with Crippen LogP contribution >= 0.6 is 0 Å². The van der Waals surface area contributed by atoms with E-state index >= 15 is 8.78 Å². The van der Waals surface area contributed by atoms with E-state index in [2.05, 4.69) is 33.2 Å². The number of benzene rings is 1. The molecule has 11 nitrogen and oxygen atoms in total. The van der Waals surface area contributed by atoms with Crippen molar-refractivity contribution in [2.24, 2.45) is 23.2 Å². The standard InChI is InChI=1S/C37H47F5N4O7/c1-9-12-13-21-16-26(21)52-34(49)45-30(35(6,7)8)32(47)46-18-27(23(10-2)28(46)33(48)50-19-20(4)5)51-31-29(36(38,39)11-3)43-24-15-14-22(17-25(24)44-31)53-37(40,41)42/h9,11,14-15,17,20-21,23,26-28,30H,1,3,10,12-13,16,18-19H2,2,4-8H3,(H,45,49)/t21-,23-,26-,27+,28+,30-/m1/s1. The lowest BCUT2D eigenvalue weighted by molar-refractivity contribution is -0.274. The van der Waals surface area contributed by atoms with Crippen molar-refractivity contribution in [3.8, 4) is 11.6 Å². The number of carbonyl (C=O) groups is 3. The lowest BCUT2D eigenvalue weighted by atomic mass is 9.85. The van der Waals surface area contributed by atoms with Crippen molar-refractivity contribution < 1.29 is 55.3 Å². The molecule has 53 heavy (non-hydrogen) atoms. The molecule has 2 amide bonds. The Morgan fingerprint density at radius 1 is 1.06 bits per heavy atom. The first kappa shape index (κ1) is 41.3. The Bertz CT molecular complexity index is 1680. The van der Waals surface area contributed by atoms with E-state index in [0.29, 0.717) is 12.5 Å². The lowest BCUT2D eigenvalue weighted by Gasteiger charge is -2.35. The molecular weight excluding hydrogens is 707 g/mol. The molecule has 0 radical (unpaired) electrons. The molecule has 1 aliphatic carbocycles. The number of aromatic nitrogens is 2. The SMILES string of the molecule is C=CCC[C@@H]1C[C@H]1OC(=O)N[C@H](C(=O)N1C[C@H](Oc2nc3cc(OC(F)(F)F)ccc3nc2C(F)(F)C=C)[C@@H](CC)[C@H]1C(=O)OCC(C)C)C(C)(C)C. The van der Waals surface area contributed by atoms with Crippen LogP contribution in [0.15, 0.2) is 43.5 Å². The Morgan fingerprint density at radius 2 is 1.75 bits per heavy atom. The molecule has 16 heteroatoms. The van der Waals surface area contributed by atoms with Crippen molar-refractivity contribution >= 4 is 29.0 Å². The van der Waals surface area contributed by atoms with Crippen molar-refractivity contribution in [1.82, 2.24) is 20.2 Å². The molecule has 0 unspecified atom stereocenters. The van der Waals surface area contributed by atoms with Gasteiger partial charge in [0.2, 0.25) is 11.8 Å². The minimum absolute atomic E-state index is 0.0230. The smallest absolute Gasteiger partial charge is 0.471 e. The number of carbonyl (C=O) groups excluding carboxylic acids is 3. The summed E-state index contributed by atoms with van der Waals surface area (Å²) in [5, 5.41) is 2.68. The molecule has 1 N–H and O–H groups in total. The van der Waals surface area contributed by atoms with E-state index in [1.807, 2.05) is 13.8 Å². The summed E-state index contributed by atoms with van der Waals surface area (Å²) in [5.41, 5.74) is -2.31. The van der Waals surface area contributed by atoms with Gasteiger partial charge in [-0.2, -0.15) is 8.78 Å². The van der Waals surface area contributed by atoms with E-state index < -0.39 is 77.1 Å². The van der Waals surface area contributed by atoms with E-state index in [1.165, 1.54) is 4.90 Å². The van der Waals surface area contributed by atoms with E-state index in [9.17, 15) is 27.6 Å². The summed E-state index contributed by atoms with van der Waals surface area (Å²) < 4.78 is 90.7. The number of alkyl carbamates (subject to hydrolysis) is 1. The number of nitrogens with zero attached hydrogens (tertiary/aromatic N) is 3. The van der Waals surface area contributed by atoms with Crippen LogP contribution in [0.4, 0.5) is 26.7 Å². The van der Waals surface area contributed by atoms with E-state index in [1.54, 1.807) is 33.8 Å². The third-order valence-corrected chi connectivity index (χ3v) is 9.06. The Morgan fingerprint density at radius 3 is 2.34 bits per heavy atom. The topological polar surface area (TPSA) is 129 Å². The van der Waals surface area contributed by atoms with Crippen LogP contribution in [0.3, 0.4) is 0 Å². The van der Waals surface area contributed by atoms with Gasteiger partial charge in [-0.3, -0.25) is 4.79 Å². The van der Waals surface area contributed by atoms with Crippen LogP contribution < -0.4 is 14.8 Å². The Balaban J connectivity index is 1.71. The summed E-state index contributed by atoms with van der Waals surface area (Å²) >= 11 is 0. The van der Waals surface area contributed by atoms with Crippen molar-refractivity contribution in [2.75, 3.05) is 13.2 Å². The molecule has 2 fully saturated rings. The maximum Gasteiger partial charge on any atom is 0.573 e. The fourth-order valence-electron chi connectivity index (χ4n) is 6.21. The summed E-state index contributed by atoms with van der Waals surface area (Å²) in [7, 11) is 0. The summed E-state index contributed by atoms with van der Waals surface area (Å²) in [6, 6.07) is 0.341. The van der Waals surface area contributed by atoms with E-state index in [-0.39, 0.29) is 48.5 Å². The molecule has 1 saturated heterocycles. The molecule has 1 aliphatic heterocycles. The Kier molecular flexibility index (Phi) is 12.7. The second-order valence-corrected chi connectivity index (χ2v) is 14.8. The van der Waals surface area contributed by atoms with Gasteiger partial charge in [0.1, 0.15) is 30.0 Å². The molecule has 1 aromatic heterocycles. The van der Waals surface area contributed by atoms with Crippen LogP contribution in [-0.2, 0) is 25.0 Å². The van der Waals surface area contributed by atoms with Crippen LogP contribution in [0.2, 0.25) is 0 Å². The van der Waals surface area contributed by atoms with Gasteiger partial charge >= 0.3 is 24.3 Å². The van der Waals surface area contributed by atoms with Gasteiger partial charge in [0, 0.05) is 12.0 Å². The average molecular weight is 755 g/mol. The molecule has 0 bridgehead atoms. The molecule has 4 rings (SSSR count). The number of ether oxygens (including phenoxy) is 4. The normalized spacial score (nSPS) is 22.3. The monoisotopic (exact) mass is 754 g/mol. The molecule has 1 saturated carbocycles. The fourth-order valence-corrected chi connectivity index (χ4v) is 6.21. The molecule has 2 aliphatic rings. The number of alkyl halides is 5. The van der Waals surface area contributed by atoms with Crippen molar-refractivity contribution in [2.45, 2.75) is 104 Å². The number of likely N-dealkylation sites (tertiary alicyclic amines) is 1. The fraction of sp³-hybridized carbons (Fsp3) is 0.595. The van der Waals surface area contributed by atoms with Crippen molar-refractivity contribution in [3.05, 3.63) is 49.2 Å². The van der Waals surface area contributed by atoms with Crippen molar-refractivity contribution in [1.29, 1.82) is 0 Å². The van der Waals surface area contributed by atoms with Gasteiger partial charge < -0.3 is 29.2 Å². The number of allylic oxidation sites excluding steroid dienone is 2. The minimum Gasteiger partial charge on any atom is -0.471 e. The Labute approximate surface area is 305 Å². The van der Waals surface area contributed by atoms with Gasteiger partial charge in [-0.05, 0) is 61.1 Å². The highest BCUT2D eigenvalue weighted by atomic mass is 19.4. The molecule has 1 aromatic carbocycles. The molecule has 292 valence electrons. The molecule has 2 heterocycles. The highest BCUT2D eigenvalue weighted by Gasteiger charge is 2.53. The predicted octanol–water partition coefficient (Wildman–Crippen LogP) is 7.49. The highest BCUT2D eigenvalue weighted by Crippen LogP contribution is 2.40. The van der Waals surface area contributed by atoms with Crippen molar-refractivity contribution in [3.63, 3.8) is 0 Å². The zero-order chi connectivity index (χ0) is 39.5. The third-order valence-electron chi connectivity index (χ3n) is 9.06. The second-order valence-electron chi connectivity index (χ2n) is 14.8. The van der Waals surface area contributed by atoms with Gasteiger partial charge in [-0.15, -0.1) is 19.8 Å². The third kappa shape index (κ3) is 10.3. The number of fused-ring (bicyclic) bond motifs is 1. The summed E-state index contributed by atoms with van der Waals surface area (Å²) in [6.07, 6.45) is -2.76. The van der Waals surface area contributed by atoms with Gasteiger partial charge in [0.15, 0.2) is 5.69 Å². The van der Waals surface area contributed by atoms with Crippen LogP contribution in [0.5, 0.6) is 11.6 Å². The number of esters is 1. The minimum atomic E-state index is -5.04.